The summed E-state index contributed by atoms with van der Waals surface area (Å²) in [6, 6.07) is 10.8. The van der Waals surface area contributed by atoms with Gasteiger partial charge in [-0.15, -0.1) is 0 Å². The molecule has 1 aromatic carbocycles. The van der Waals surface area contributed by atoms with E-state index in [4.69, 9.17) is 0 Å². The van der Waals surface area contributed by atoms with Crippen LogP contribution in [0.2, 0.25) is 0 Å². The summed E-state index contributed by atoms with van der Waals surface area (Å²) in [6.45, 7) is 2.32. The molecule has 4 rings (SSSR count). The summed E-state index contributed by atoms with van der Waals surface area (Å²) >= 11 is 0. The van der Waals surface area contributed by atoms with Crippen LogP contribution in [0.4, 0.5) is 5.69 Å². The Morgan fingerprint density at radius 1 is 0.952 bits per heavy atom. The molecular formula is C19H25NO. The molecule has 0 bridgehead atoms. The molecular weight excluding hydrogens is 258 g/mol. The molecule has 0 aromatic heterocycles. The minimum Gasteiger partial charge on any atom is -0.371 e. The van der Waals surface area contributed by atoms with E-state index in [0.717, 1.165) is 25.9 Å². The number of benzene rings is 1. The number of hydrogen-bond donors (Lipinski definition) is 0. The molecule has 1 saturated heterocycles. The molecule has 1 atom stereocenters. The zero-order chi connectivity index (χ0) is 14.3. The van der Waals surface area contributed by atoms with E-state index in [1.807, 2.05) is 0 Å². The third-order valence-corrected chi connectivity index (χ3v) is 6.31. The lowest BCUT2D eigenvalue weighted by Crippen LogP contribution is -2.43. The molecule has 112 valence electrons. The second kappa shape index (κ2) is 4.86. The molecule has 2 nitrogen and oxygen atoms in total. The Bertz CT molecular complexity index is 532. The predicted octanol–water partition coefficient (Wildman–Crippen LogP) is 4.20. The highest BCUT2D eigenvalue weighted by Crippen LogP contribution is 2.56. The summed E-state index contributed by atoms with van der Waals surface area (Å²) < 4.78 is 0. The Hall–Kier alpha value is -1.31. The van der Waals surface area contributed by atoms with Crippen LogP contribution in [0.5, 0.6) is 0 Å². The van der Waals surface area contributed by atoms with E-state index in [9.17, 15) is 4.79 Å². The fourth-order valence-corrected chi connectivity index (χ4v) is 5.20. The average molecular weight is 283 g/mol. The van der Waals surface area contributed by atoms with E-state index in [1.54, 1.807) is 0 Å². The molecule has 3 aliphatic rings. The predicted molar refractivity (Wildman–Crippen MR) is 85.5 cm³/mol. The molecule has 0 amide bonds. The Kier molecular flexibility index (Phi) is 3.09. The van der Waals surface area contributed by atoms with Crippen LogP contribution in [0.3, 0.4) is 0 Å². The first kappa shape index (κ1) is 13.4. The lowest BCUT2D eigenvalue weighted by Gasteiger charge is -2.43. The van der Waals surface area contributed by atoms with Gasteiger partial charge >= 0.3 is 0 Å². The normalized spacial score (nSPS) is 31.4. The number of hydrogen-bond acceptors (Lipinski definition) is 2. The largest absolute Gasteiger partial charge is 0.371 e. The van der Waals surface area contributed by atoms with Gasteiger partial charge in [-0.2, -0.15) is 0 Å². The van der Waals surface area contributed by atoms with Crippen molar-refractivity contribution in [2.24, 2.45) is 10.8 Å². The monoisotopic (exact) mass is 283 g/mol. The van der Waals surface area contributed by atoms with Gasteiger partial charge in [-0.25, -0.2) is 0 Å². The van der Waals surface area contributed by atoms with Crippen LogP contribution in [-0.4, -0.2) is 18.9 Å². The maximum atomic E-state index is 12.5. The molecule has 2 aliphatic carbocycles. The third-order valence-electron chi connectivity index (χ3n) is 6.31. The van der Waals surface area contributed by atoms with Gasteiger partial charge in [-0.1, -0.05) is 31.0 Å². The van der Waals surface area contributed by atoms with Gasteiger partial charge in [0.1, 0.15) is 5.78 Å². The molecule has 21 heavy (non-hydrogen) atoms. The number of anilines is 1. The highest BCUT2D eigenvalue weighted by Gasteiger charge is 2.52. The smallest absolute Gasteiger partial charge is 0.139 e. The van der Waals surface area contributed by atoms with E-state index in [1.165, 1.54) is 44.2 Å². The van der Waals surface area contributed by atoms with Gasteiger partial charge in [-0.05, 0) is 49.7 Å². The van der Waals surface area contributed by atoms with Gasteiger partial charge in [-0.3, -0.25) is 4.79 Å². The molecule has 0 radical (unpaired) electrons. The van der Waals surface area contributed by atoms with Crippen LogP contribution >= 0.6 is 0 Å². The molecule has 3 fully saturated rings. The average Bonchev–Trinajstić information content (AvgIpc) is 3.14. The number of rotatable bonds is 1. The Labute approximate surface area is 127 Å². The van der Waals surface area contributed by atoms with Crippen molar-refractivity contribution in [2.45, 2.75) is 51.4 Å². The van der Waals surface area contributed by atoms with Crippen molar-refractivity contribution in [1.29, 1.82) is 0 Å². The van der Waals surface area contributed by atoms with Crippen LogP contribution in [0.25, 0.3) is 0 Å². The second-order valence-corrected chi connectivity index (χ2v) is 7.59. The fourth-order valence-electron chi connectivity index (χ4n) is 5.20. The molecule has 1 heterocycles. The highest BCUT2D eigenvalue weighted by molar-refractivity contribution is 5.86. The second-order valence-electron chi connectivity index (χ2n) is 7.59. The van der Waals surface area contributed by atoms with E-state index in [0.29, 0.717) is 11.2 Å². The highest BCUT2D eigenvalue weighted by atomic mass is 16.1. The minimum absolute atomic E-state index is 0.0744. The topological polar surface area (TPSA) is 20.3 Å². The van der Waals surface area contributed by atoms with Crippen LogP contribution in [-0.2, 0) is 4.79 Å². The van der Waals surface area contributed by atoms with Gasteiger partial charge in [0.2, 0.25) is 0 Å². The van der Waals surface area contributed by atoms with Crippen molar-refractivity contribution < 1.29 is 4.79 Å². The van der Waals surface area contributed by atoms with Crippen molar-refractivity contribution in [3.8, 4) is 0 Å². The van der Waals surface area contributed by atoms with Crippen molar-refractivity contribution in [3.63, 3.8) is 0 Å². The maximum absolute atomic E-state index is 12.5. The fraction of sp³-hybridized carbons (Fsp3) is 0.632. The van der Waals surface area contributed by atoms with E-state index < -0.39 is 0 Å². The molecule has 1 aromatic rings. The first-order valence-corrected chi connectivity index (χ1v) is 8.55. The number of para-hydroxylation sites is 1. The third kappa shape index (κ3) is 2.20. The van der Waals surface area contributed by atoms with Crippen molar-refractivity contribution in [1.82, 2.24) is 0 Å². The maximum Gasteiger partial charge on any atom is 0.139 e. The zero-order valence-corrected chi connectivity index (χ0v) is 12.8. The lowest BCUT2D eigenvalue weighted by molar-refractivity contribution is -0.135. The first-order chi connectivity index (χ1) is 10.2. The van der Waals surface area contributed by atoms with E-state index in [2.05, 4.69) is 35.2 Å². The standard InChI is InChI=1S/C19H25NO/c21-17-8-11-18(14-19(17)9-4-5-10-19)12-13-20(15-18)16-6-2-1-3-7-16/h1-3,6-7H,4-5,8-15H2. The molecule has 2 heteroatoms. The van der Waals surface area contributed by atoms with Crippen LogP contribution in [0, 0.1) is 10.8 Å². The molecule has 1 aliphatic heterocycles. The van der Waals surface area contributed by atoms with Crippen LogP contribution < -0.4 is 4.90 Å². The van der Waals surface area contributed by atoms with Crippen molar-refractivity contribution in [2.75, 3.05) is 18.0 Å². The van der Waals surface area contributed by atoms with Crippen LogP contribution in [0.1, 0.15) is 51.4 Å². The SMILES string of the molecule is O=C1CCC2(CCN(c3ccccc3)C2)CC12CCCC2. The summed E-state index contributed by atoms with van der Waals surface area (Å²) in [5.74, 6) is 0.587. The number of nitrogens with zero attached hydrogens (tertiary/aromatic N) is 1. The van der Waals surface area contributed by atoms with Gasteiger partial charge < -0.3 is 4.90 Å². The minimum atomic E-state index is 0.0744. The van der Waals surface area contributed by atoms with E-state index in [-0.39, 0.29) is 5.41 Å². The summed E-state index contributed by atoms with van der Waals surface area (Å²) in [5.41, 5.74) is 1.84. The van der Waals surface area contributed by atoms with Gasteiger partial charge in [0.25, 0.3) is 0 Å². The Balaban J connectivity index is 1.55. The summed E-state index contributed by atoms with van der Waals surface area (Å²) in [5, 5.41) is 0. The Morgan fingerprint density at radius 3 is 2.48 bits per heavy atom. The van der Waals surface area contributed by atoms with Gasteiger partial charge in [0.15, 0.2) is 0 Å². The molecule has 0 N–H and O–H groups in total. The summed E-state index contributed by atoms with van der Waals surface area (Å²) in [6.07, 6.45) is 9.27. The number of carbonyl (C=O) groups excluding carboxylic acids is 1. The summed E-state index contributed by atoms with van der Waals surface area (Å²) in [7, 11) is 0. The van der Waals surface area contributed by atoms with Gasteiger partial charge in [0.05, 0.1) is 0 Å². The molecule has 2 spiro atoms. The quantitative estimate of drug-likeness (QED) is 0.770. The van der Waals surface area contributed by atoms with Crippen molar-refractivity contribution in [3.05, 3.63) is 30.3 Å². The van der Waals surface area contributed by atoms with E-state index >= 15 is 0 Å². The van der Waals surface area contributed by atoms with Crippen molar-refractivity contribution >= 4 is 11.5 Å². The first-order valence-electron chi connectivity index (χ1n) is 8.55. The number of Topliss-reactive ketones (excluding diaryl/α,β-unsaturated/α-hetero) is 1. The summed E-state index contributed by atoms with van der Waals surface area (Å²) in [4.78, 5) is 15.0. The number of ketones is 1. The van der Waals surface area contributed by atoms with Gasteiger partial charge in [0, 0.05) is 30.6 Å². The number of carbonyl (C=O) groups is 1. The lowest BCUT2D eigenvalue weighted by atomic mass is 9.60. The van der Waals surface area contributed by atoms with Crippen LogP contribution in [0.15, 0.2) is 30.3 Å². The molecule has 1 unspecified atom stereocenters. The molecule has 2 saturated carbocycles. The zero-order valence-electron chi connectivity index (χ0n) is 12.8. The Morgan fingerprint density at radius 2 is 1.71 bits per heavy atom.